The summed E-state index contributed by atoms with van der Waals surface area (Å²) in [6.45, 7) is 3.96. The number of benzene rings is 2. The number of amides is 1. The zero-order valence-electron chi connectivity index (χ0n) is 13.0. The van der Waals surface area contributed by atoms with E-state index in [0.29, 0.717) is 18.0 Å². The molecule has 120 valence electrons. The number of rotatable bonds is 8. The van der Waals surface area contributed by atoms with Gasteiger partial charge in [0.25, 0.3) is 5.91 Å². The molecule has 0 aliphatic carbocycles. The van der Waals surface area contributed by atoms with Crippen molar-refractivity contribution < 1.29 is 19.0 Å². The molecule has 2 aromatic rings. The summed E-state index contributed by atoms with van der Waals surface area (Å²) in [4.78, 5) is 11.9. The number of anilines is 1. The molecule has 0 saturated heterocycles. The molecule has 0 saturated carbocycles. The first-order valence-corrected chi connectivity index (χ1v) is 7.11. The van der Waals surface area contributed by atoms with Crippen LogP contribution in [-0.2, 0) is 4.79 Å². The van der Waals surface area contributed by atoms with E-state index < -0.39 is 0 Å². The van der Waals surface area contributed by atoms with Crippen molar-refractivity contribution in [2.45, 2.75) is 0 Å². The van der Waals surface area contributed by atoms with Gasteiger partial charge in [-0.05, 0) is 48.5 Å². The summed E-state index contributed by atoms with van der Waals surface area (Å²) in [5.74, 6) is 1.83. The van der Waals surface area contributed by atoms with Crippen molar-refractivity contribution in [2.75, 3.05) is 25.6 Å². The van der Waals surface area contributed by atoms with Gasteiger partial charge in [-0.1, -0.05) is 12.7 Å². The highest BCUT2D eigenvalue weighted by Crippen LogP contribution is 2.18. The van der Waals surface area contributed by atoms with Crippen LogP contribution in [0.4, 0.5) is 5.69 Å². The number of hydrogen-bond donors (Lipinski definition) is 1. The molecule has 0 spiro atoms. The highest BCUT2D eigenvalue weighted by atomic mass is 16.5. The average molecular weight is 313 g/mol. The van der Waals surface area contributed by atoms with Gasteiger partial charge in [-0.3, -0.25) is 4.79 Å². The van der Waals surface area contributed by atoms with Crippen molar-refractivity contribution in [2.24, 2.45) is 0 Å². The van der Waals surface area contributed by atoms with E-state index in [1.54, 1.807) is 61.7 Å². The SMILES string of the molecule is C=CCOc1ccc(NC(=O)COc2ccc(OC)cc2)cc1. The lowest BCUT2D eigenvalue weighted by Gasteiger charge is -2.09. The monoisotopic (exact) mass is 313 g/mol. The zero-order chi connectivity index (χ0) is 16.5. The van der Waals surface area contributed by atoms with Crippen LogP contribution in [0.3, 0.4) is 0 Å². The Labute approximate surface area is 135 Å². The van der Waals surface area contributed by atoms with E-state index in [0.717, 1.165) is 11.5 Å². The van der Waals surface area contributed by atoms with Gasteiger partial charge in [0, 0.05) is 5.69 Å². The molecule has 1 amide bonds. The highest BCUT2D eigenvalue weighted by molar-refractivity contribution is 5.91. The van der Waals surface area contributed by atoms with E-state index in [1.807, 2.05) is 0 Å². The summed E-state index contributed by atoms with van der Waals surface area (Å²) in [6, 6.07) is 14.1. The molecule has 2 aromatic carbocycles. The van der Waals surface area contributed by atoms with E-state index in [4.69, 9.17) is 14.2 Å². The molecule has 0 fully saturated rings. The van der Waals surface area contributed by atoms with Gasteiger partial charge in [0.15, 0.2) is 6.61 Å². The van der Waals surface area contributed by atoms with Gasteiger partial charge < -0.3 is 19.5 Å². The third-order valence-corrected chi connectivity index (χ3v) is 2.94. The van der Waals surface area contributed by atoms with Crippen molar-refractivity contribution in [1.82, 2.24) is 0 Å². The predicted octanol–water partition coefficient (Wildman–Crippen LogP) is 3.28. The number of methoxy groups -OCH3 is 1. The Bertz CT molecular complexity index is 635. The third-order valence-electron chi connectivity index (χ3n) is 2.94. The second-order valence-electron chi connectivity index (χ2n) is 4.64. The molecule has 0 radical (unpaired) electrons. The fourth-order valence-electron chi connectivity index (χ4n) is 1.81. The molecule has 0 aliphatic rings. The topological polar surface area (TPSA) is 56.8 Å². The van der Waals surface area contributed by atoms with Gasteiger partial charge in [-0.2, -0.15) is 0 Å². The molecular weight excluding hydrogens is 294 g/mol. The van der Waals surface area contributed by atoms with Crippen molar-refractivity contribution in [3.8, 4) is 17.2 Å². The van der Waals surface area contributed by atoms with E-state index in [-0.39, 0.29) is 12.5 Å². The van der Waals surface area contributed by atoms with Crippen molar-refractivity contribution in [1.29, 1.82) is 0 Å². The lowest BCUT2D eigenvalue weighted by Crippen LogP contribution is -2.20. The van der Waals surface area contributed by atoms with E-state index in [1.165, 1.54) is 0 Å². The van der Waals surface area contributed by atoms with Crippen molar-refractivity contribution in [3.63, 3.8) is 0 Å². The molecular formula is C18H19NO4. The number of carbonyl (C=O) groups is 1. The van der Waals surface area contributed by atoms with Gasteiger partial charge >= 0.3 is 0 Å². The standard InChI is InChI=1S/C18H19NO4/c1-3-12-22-16-6-4-14(5-7-16)19-18(20)13-23-17-10-8-15(21-2)9-11-17/h3-11H,1,12-13H2,2H3,(H,19,20). The van der Waals surface area contributed by atoms with E-state index >= 15 is 0 Å². The average Bonchev–Trinajstić information content (AvgIpc) is 2.60. The molecule has 1 N–H and O–H groups in total. The number of nitrogens with one attached hydrogen (secondary N) is 1. The number of hydrogen-bond acceptors (Lipinski definition) is 4. The second-order valence-corrected chi connectivity index (χ2v) is 4.64. The Morgan fingerprint density at radius 3 is 2.17 bits per heavy atom. The Morgan fingerprint density at radius 2 is 1.57 bits per heavy atom. The molecule has 0 aromatic heterocycles. The summed E-state index contributed by atoms with van der Waals surface area (Å²) in [7, 11) is 1.59. The fourth-order valence-corrected chi connectivity index (χ4v) is 1.81. The molecule has 0 atom stereocenters. The maximum Gasteiger partial charge on any atom is 0.262 e. The Morgan fingerprint density at radius 1 is 1.00 bits per heavy atom. The lowest BCUT2D eigenvalue weighted by atomic mass is 10.3. The largest absolute Gasteiger partial charge is 0.497 e. The Hall–Kier alpha value is -2.95. The predicted molar refractivity (Wildman–Crippen MR) is 89.3 cm³/mol. The molecule has 23 heavy (non-hydrogen) atoms. The van der Waals surface area contributed by atoms with Crippen molar-refractivity contribution in [3.05, 3.63) is 61.2 Å². The van der Waals surface area contributed by atoms with Crippen LogP contribution >= 0.6 is 0 Å². The first kappa shape index (κ1) is 16.4. The molecule has 0 heterocycles. The minimum Gasteiger partial charge on any atom is -0.497 e. The van der Waals surface area contributed by atoms with Gasteiger partial charge in [0.1, 0.15) is 23.9 Å². The molecule has 5 heteroatoms. The van der Waals surface area contributed by atoms with Gasteiger partial charge in [0.2, 0.25) is 0 Å². The fraction of sp³-hybridized carbons (Fsp3) is 0.167. The summed E-state index contributed by atoms with van der Waals surface area (Å²) < 4.78 is 15.8. The molecule has 5 nitrogen and oxygen atoms in total. The van der Waals surface area contributed by atoms with Crippen LogP contribution in [-0.4, -0.2) is 26.2 Å². The normalized spacial score (nSPS) is 9.78. The maximum absolute atomic E-state index is 11.9. The molecule has 0 aliphatic heterocycles. The van der Waals surface area contributed by atoms with Crippen LogP contribution in [0.5, 0.6) is 17.2 Å². The van der Waals surface area contributed by atoms with Gasteiger partial charge in [-0.15, -0.1) is 0 Å². The first-order valence-electron chi connectivity index (χ1n) is 7.11. The first-order chi connectivity index (χ1) is 11.2. The molecule has 0 bridgehead atoms. The summed E-state index contributed by atoms with van der Waals surface area (Å²) in [6.07, 6.45) is 1.67. The van der Waals surface area contributed by atoms with Crippen LogP contribution in [0.1, 0.15) is 0 Å². The van der Waals surface area contributed by atoms with Gasteiger partial charge in [-0.25, -0.2) is 0 Å². The van der Waals surface area contributed by atoms with E-state index in [9.17, 15) is 4.79 Å². The molecule has 0 unspecified atom stereocenters. The van der Waals surface area contributed by atoms with Crippen LogP contribution < -0.4 is 19.5 Å². The second kappa shape index (κ2) is 8.48. The van der Waals surface area contributed by atoms with Crippen LogP contribution in [0.25, 0.3) is 0 Å². The van der Waals surface area contributed by atoms with Crippen LogP contribution in [0.2, 0.25) is 0 Å². The Kier molecular flexibility index (Phi) is 6.06. The van der Waals surface area contributed by atoms with E-state index in [2.05, 4.69) is 11.9 Å². The molecule has 2 rings (SSSR count). The van der Waals surface area contributed by atoms with Crippen molar-refractivity contribution >= 4 is 11.6 Å². The summed E-state index contributed by atoms with van der Waals surface area (Å²) in [5, 5.41) is 2.75. The number of carbonyl (C=O) groups excluding carboxylic acids is 1. The minimum atomic E-state index is -0.236. The smallest absolute Gasteiger partial charge is 0.262 e. The lowest BCUT2D eigenvalue weighted by molar-refractivity contribution is -0.118. The highest BCUT2D eigenvalue weighted by Gasteiger charge is 2.04. The zero-order valence-corrected chi connectivity index (χ0v) is 13.0. The minimum absolute atomic E-state index is 0.0684. The summed E-state index contributed by atoms with van der Waals surface area (Å²) in [5.41, 5.74) is 0.680. The Balaban J connectivity index is 1.80. The van der Waals surface area contributed by atoms with Crippen LogP contribution in [0.15, 0.2) is 61.2 Å². The number of ether oxygens (including phenoxy) is 3. The third kappa shape index (κ3) is 5.39. The quantitative estimate of drug-likeness (QED) is 0.760. The van der Waals surface area contributed by atoms with Crippen LogP contribution in [0, 0.1) is 0 Å². The summed E-state index contributed by atoms with van der Waals surface area (Å²) >= 11 is 0. The maximum atomic E-state index is 11.9. The van der Waals surface area contributed by atoms with Gasteiger partial charge in [0.05, 0.1) is 7.11 Å².